The van der Waals surface area contributed by atoms with E-state index in [4.69, 9.17) is 0 Å². The summed E-state index contributed by atoms with van der Waals surface area (Å²) < 4.78 is 0. The van der Waals surface area contributed by atoms with E-state index >= 15 is 0 Å². The second-order valence-corrected chi connectivity index (χ2v) is 23.4. The predicted molar refractivity (Wildman–Crippen MR) is 378 cm³/mol. The van der Waals surface area contributed by atoms with Crippen LogP contribution < -0.4 is 19.6 Å². The number of benzene rings is 16. The molecule has 0 bridgehead atoms. The molecule has 418 valence electrons. The third-order valence-corrected chi connectivity index (χ3v) is 18.1. The summed E-state index contributed by atoms with van der Waals surface area (Å²) in [6.07, 6.45) is 0. The van der Waals surface area contributed by atoms with E-state index in [2.05, 4.69) is 351 Å². The summed E-state index contributed by atoms with van der Waals surface area (Å²) >= 11 is 0. The fourth-order valence-corrected chi connectivity index (χ4v) is 14.2. The maximum absolute atomic E-state index is 2.56. The molecule has 0 atom stereocenters. The zero-order chi connectivity index (χ0) is 59.0. The highest BCUT2D eigenvalue weighted by Crippen LogP contribution is 2.57. The number of anilines is 12. The van der Waals surface area contributed by atoms with Gasteiger partial charge in [0.15, 0.2) is 0 Å². The molecule has 0 saturated heterocycles. The smallest absolute Gasteiger partial charge is 0.0569 e. The van der Waals surface area contributed by atoms with Crippen LogP contribution in [0, 0.1) is 27.7 Å². The Balaban J connectivity index is 1.15. The molecule has 0 heterocycles. The molecule has 0 saturated carbocycles. The maximum atomic E-state index is 2.56. The van der Waals surface area contributed by atoms with E-state index < -0.39 is 0 Å². The van der Waals surface area contributed by atoms with E-state index in [0.717, 1.165) is 89.8 Å². The van der Waals surface area contributed by atoms with Crippen LogP contribution in [0.5, 0.6) is 0 Å². The fraction of sp³-hybridized carbons (Fsp3) is 0.0476. The molecule has 88 heavy (non-hydrogen) atoms. The van der Waals surface area contributed by atoms with Crippen LogP contribution in [-0.2, 0) is 0 Å². The normalized spacial score (nSPS) is 11.6. The molecular weight excluding hydrogens is 1060 g/mol. The van der Waals surface area contributed by atoms with Gasteiger partial charge in [-0.2, -0.15) is 0 Å². The zero-order valence-electron chi connectivity index (χ0n) is 49.7. The fourth-order valence-electron chi connectivity index (χ4n) is 14.2. The Bertz CT molecular complexity index is 4670. The molecule has 0 aliphatic heterocycles. The van der Waals surface area contributed by atoms with Gasteiger partial charge in [-0.1, -0.05) is 243 Å². The summed E-state index contributed by atoms with van der Waals surface area (Å²) in [4.78, 5) is 10.2. The van der Waals surface area contributed by atoms with Crippen LogP contribution >= 0.6 is 0 Å². The summed E-state index contributed by atoms with van der Waals surface area (Å²) in [5.74, 6) is 0. The summed E-state index contributed by atoms with van der Waals surface area (Å²) in [6.45, 7) is 9.07. The molecule has 0 N–H and O–H groups in total. The lowest BCUT2D eigenvalue weighted by Gasteiger charge is -2.36. The second-order valence-electron chi connectivity index (χ2n) is 23.4. The standard InChI is InChI=1S/C84H62N4/c1-55-41-45-59-25-17-21-37-67(59)81(55)85(63-29-9-5-10-30-63)75-53-76(86(64-31-11-6-12-32-64)82-56(2)42-46-60-26-18-22-38-68(60)82)72-51-52-74-78(88(66-35-15-8-16-36-66)84-58(4)44-48-62-28-20-24-40-70(62)84)54-77(73-50-49-71(75)79(72)80(73)74)87(65-33-13-7-14-34-65)83-57(3)43-47-61-27-19-23-39-69(61)83/h5-54H,1-4H3. The lowest BCUT2D eigenvalue weighted by molar-refractivity contribution is 1.25. The molecule has 0 aromatic heterocycles. The van der Waals surface area contributed by atoms with Gasteiger partial charge in [0, 0.05) is 76.6 Å². The minimum absolute atomic E-state index is 1.07. The molecular formula is C84H62N4. The molecule has 16 rings (SSSR count). The Kier molecular flexibility index (Phi) is 12.7. The Labute approximate surface area is 513 Å². The number of fused-ring (bicyclic) bond motifs is 4. The van der Waals surface area contributed by atoms with Crippen molar-refractivity contribution in [1.82, 2.24) is 0 Å². The van der Waals surface area contributed by atoms with Crippen molar-refractivity contribution in [2.24, 2.45) is 0 Å². The van der Waals surface area contributed by atoms with Crippen molar-refractivity contribution in [2.75, 3.05) is 19.6 Å². The molecule has 0 unspecified atom stereocenters. The number of aryl methyl sites for hydroxylation is 4. The van der Waals surface area contributed by atoms with Crippen LogP contribution in [0.25, 0.3) is 75.4 Å². The van der Waals surface area contributed by atoms with E-state index in [1.165, 1.54) is 76.1 Å². The number of hydrogen-bond acceptors (Lipinski definition) is 4. The average molecular weight is 1130 g/mol. The highest BCUT2D eigenvalue weighted by molar-refractivity contribution is 6.34. The van der Waals surface area contributed by atoms with Crippen LogP contribution in [0.4, 0.5) is 68.2 Å². The Morgan fingerprint density at radius 2 is 0.386 bits per heavy atom. The van der Waals surface area contributed by atoms with E-state index in [-0.39, 0.29) is 0 Å². The lowest BCUT2D eigenvalue weighted by Crippen LogP contribution is -2.17. The zero-order valence-corrected chi connectivity index (χ0v) is 49.7. The summed E-state index contributed by atoms with van der Waals surface area (Å²) in [5, 5.41) is 16.4. The largest absolute Gasteiger partial charge is 0.309 e. The molecule has 0 amide bonds. The first-order valence-corrected chi connectivity index (χ1v) is 30.5. The molecule has 0 fully saturated rings. The van der Waals surface area contributed by atoms with Gasteiger partial charge in [0.2, 0.25) is 0 Å². The summed E-state index contributed by atoms with van der Waals surface area (Å²) in [7, 11) is 0. The van der Waals surface area contributed by atoms with E-state index in [0.29, 0.717) is 0 Å². The van der Waals surface area contributed by atoms with Crippen LogP contribution in [-0.4, -0.2) is 0 Å². The van der Waals surface area contributed by atoms with Crippen LogP contribution in [0.2, 0.25) is 0 Å². The first kappa shape index (κ1) is 52.4. The Morgan fingerprint density at radius 1 is 0.182 bits per heavy atom. The molecule has 4 heteroatoms. The molecule has 16 aromatic rings. The minimum atomic E-state index is 1.07. The third-order valence-electron chi connectivity index (χ3n) is 18.1. The third kappa shape index (κ3) is 8.51. The molecule has 0 aliphatic carbocycles. The Morgan fingerprint density at radius 3 is 0.614 bits per heavy atom. The lowest BCUT2D eigenvalue weighted by atomic mass is 9.88. The van der Waals surface area contributed by atoms with Gasteiger partial charge < -0.3 is 19.6 Å². The molecule has 16 aromatic carbocycles. The van der Waals surface area contributed by atoms with E-state index in [1.807, 2.05) is 0 Å². The average Bonchev–Trinajstić information content (AvgIpc) is 0.717. The first-order chi connectivity index (χ1) is 43.4. The second kappa shape index (κ2) is 21.4. The Hall–Kier alpha value is -11.2. The van der Waals surface area contributed by atoms with Gasteiger partial charge in [0.25, 0.3) is 0 Å². The number of hydrogen-bond donors (Lipinski definition) is 0. The van der Waals surface area contributed by atoms with Crippen LogP contribution in [0.15, 0.2) is 303 Å². The minimum Gasteiger partial charge on any atom is -0.309 e. The molecule has 4 nitrogen and oxygen atoms in total. The number of nitrogens with zero attached hydrogens (tertiary/aromatic N) is 4. The SMILES string of the molecule is Cc1ccc2ccccc2c1N(c1ccccc1)c1cc(N(c2ccccc2)c2c(C)ccc3ccccc23)c2ccc3c(N(c4ccccc4)c4c(C)ccc5ccccc45)cc(N(c4ccccc4)c4c(C)ccc5ccccc45)c4ccc1c2c43. The molecule has 0 aliphatic rings. The molecule has 0 radical (unpaired) electrons. The van der Waals surface area contributed by atoms with Gasteiger partial charge in [-0.15, -0.1) is 0 Å². The van der Waals surface area contributed by atoms with Gasteiger partial charge in [-0.05, 0) is 132 Å². The highest BCUT2D eigenvalue weighted by Gasteiger charge is 2.32. The predicted octanol–water partition coefficient (Wildman–Crippen LogP) is 24.3. The highest BCUT2D eigenvalue weighted by atomic mass is 15.2. The van der Waals surface area contributed by atoms with Crippen molar-refractivity contribution >= 4 is 144 Å². The topological polar surface area (TPSA) is 13.0 Å². The first-order valence-electron chi connectivity index (χ1n) is 30.5. The van der Waals surface area contributed by atoms with Gasteiger partial charge in [0.05, 0.1) is 45.5 Å². The van der Waals surface area contributed by atoms with E-state index in [9.17, 15) is 0 Å². The van der Waals surface area contributed by atoms with Crippen molar-refractivity contribution in [2.45, 2.75) is 27.7 Å². The number of para-hydroxylation sites is 4. The summed E-state index contributed by atoms with van der Waals surface area (Å²) in [6, 6.07) is 113. The van der Waals surface area contributed by atoms with Gasteiger partial charge in [0.1, 0.15) is 0 Å². The summed E-state index contributed by atoms with van der Waals surface area (Å²) in [5.41, 5.74) is 17.8. The maximum Gasteiger partial charge on any atom is 0.0569 e. The van der Waals surface area contributed by atoms with Crippen molar-refractivity contribution in [3.05, 3.63) is 326 Å². The van der Waals surface area contributed by atoms with Crippen molar-refractivity contribution in [3.63, 3.8) is 0 Å². The van der Waals surface area contributed by atoms with Crippen molar-refractivity contribution in [3.8, 4) is 0 Å². The quantitative estimate of drug-likeness (QED) is 0.113. The van der Waals surface area contributed by atoms with Crippen molar-refractivity contribution < 1.29 is 0 Å². The molecule has 0 spiro atoms. The van der Waals surface area contributed by atoms with Gasteiger partial charge in [-0.25, -0.2) is 0 Å². The van der Waals surface area contributed by atoms with Gasteiger partial charge in [-0.3, -0.25) is 0 Å². The van der Waals surface area contributed by atoms with Gasteiger partial charge >= 0.3 is 0 Å². The monoisotopic (exact) mass is 1130 g/mol. The number of rotatable bonds is 12. The van der Waals surface area contributed by atoms with Crippen molar-refractivity contribution in [1.29, 1.82) is 0 Å². The van der Waals surface area contributed by atoms with E-state index in [1.54, 1.807) is 0 Å². The van der Waals surface area contributed by atoms with Crippen LogP contribution in [0.3, 0.4) is 0 Å². The van der Waals surface area contributed by atoms with Crippen LogP contribution in [0.1, 0.15) is 22.3 Å².